The number of rotatable bonds is 8. The number of carbonyl (C=O) groups is 1. The molecule has 1 fully saturated rings. The molecule has 1 saturated heterocycles. The molecule has 1 aliphatic heterocycles. The summed E-state index contributed by atoms with van der Waals surface area (Å²) in [6.07, 6.45) is 2.83. The SMILES string of the molecule is CCNC(=NCC1CCCN1CC)NCCC(=O)Nc1cccc(C)n1.I. The van der Waals surface area contributed by atoms with Crippen molar-refractivity contribution >= 4 is 41.7 Å². The molecular weight excluding hydrogens is 455 g/mol. The molecule has 27 heavy (non-hydrogen) atoms. The predicted octanol–water partition coefficient (Wildman–Crippen LogP) is 2.38. The van der Waals surface area contributed by atoms with Gasteiger partial charge in [0, 0.05) is 31.2 Å². The molecule has 0 spiro atoms. The quantitative estimate of drug-likeness (QED) is 0.298. The van der Waals surface area contributed by atoms with Crippen LogP contribution in [0.3, 0.4) is 0 Å². The number of likely N-dealkylation sites (tertiary alicyclic amines) is 1. The average Bonchev–Trinajstić information content (AvgIpc) is 3.07. The highest BCUT2D eigenvalue weighted by Gasteiger charge is 2.22. The fourth-order valence-electron chi connectivity index (χ4n) is 3.17. The van der Waals surface area contributed by atoms with Gasteiger partial charge in [0.1, 0.15) is 5.82 Å². The van der Waals surface area contributed by atoms with E-state index in [4.69, 9.17) is 4.99 Å². The van der Waals surface area contributed by atoms with Gasteiger partial charge in [-0.15, -0.1) is 24.0 Å². The van der Waals surface area contributed by atoms with Crippen molar-refractivity contribution in [1.82, 2.24) is 20.5 Å². The number of anilines is 1. The zero-order chi connectivity index (χ0) is 18.8. The van der Waals surface area contributed by atoms with Crippen molar-refractivity contribution in [3.05, 3.63) is 23.9 Å². The number of amides is 1. The number of aromatic nitrogens is 1. The lowest BCUT2D eigenvalue weighted by Crippen LogP contribution is -2.40. The lowest BCUT2D eigenvalue weighted by atomic mass is 10.2. The molecule has 0 aromatic carbocycles. The van der Waals surface area contributed by atoms with Crippen molar-refractivity contribution < 1.29 is 4.79 Å². The molecule has 2 heterocycles. The van der Waals surface area contributed by atoms with Crippen LogP contribution < -0.4 is 16.0 Å². The monoisotopic (exact) mass is 488 g/mol. The van der Waals surface area contributed by atoms with E-state index in [1.165, 1.54) is 19.4 Å². The summed E-state index contributed by atoms with van der Waals surface area (Å²) >= 11 is 0. The van der Waals surface area contributed by atoms with Gasteiger partial charge in [0.15, 0.2) is 5.96 Å². The van der Waals surface area contributed by atoms with Gasteiger partial charge in [0.25, 0.3) is 0 Å². The van der Waals surface area contributed by atoms with Gasteiger partial charge in [-0.3, -0.25) is 14.7 Å². The van der Waals surface area contributed by atoms with Gasteiger partial charge in [0.2, 0.25) is 5.91 Å². The molecule has 1 amide bonds. The molecule has 1 atom stereocenters. The Morgan fingerprint density at radius 1 is 1.33 bits per heavy atom. The van der Waals surface area contributed by atoms with Crippen LogP contribution in [0, 0.1) is 6.92 Å². The summed E-state index contributed by atoms with van der Waals surface area (Å²) in [6.45, 7) is 10.5. The zero-order valence-corrected chi connectivity index (χ0v) is 19.0. The fourth-order valence-corrected chi connectivity index (χ4v) is 3.17. The molecule has 1 aromatic heterocycles. The number of aliphatic imine (C=N–C) groups is 1. The Kier molecular flexibility index (Phi) is 11.3. The summed E-state index contributed by atoms with van der Waals surface area (Å²) in [4.78, 5) is 23.5. The second-order valence-electron chi connectivity index (χ2n) is 6.53. The number of nitrogens with one attached hydrogen (secondary N) is 3. The third-order valence-electron chi connectivity index (χ3n) is 4.51. The minimum atomic E-state index is -0.0561. The smallest absolute Gasteiger partial charge is 0.227 e. The van der Waals surface area contributed by atoms with Crippen molar-refractivity contribution in [3.63, 3.8) is 0 Å². The zero-order valence-electron chi connectivity index (χ0n) is 16.6. The van der Waals surface area contributed by atoms with Gasteiger partial charge in [0.05, 0.1) is 6.54 Å². The van der Waals surface area contributed by atoms with Crippen LogP contribution in [0.5, 0.6) is 0 Å². The maximum atomic E-state index is 12.1. The van der Waals surface area contributed by atoms with E-state index in [9.17, 15) is 4.79 Å². The first-order valence-electron chi connectivity index (χ1n) is 9.62. The van der Waals surface area contributed by atoms with E-state index < -0.39 is 0 Å². The number of nitrogens with zero attached hydrogens (tertiary/aromatic N) is 3. The largest absolute Gasteiger partial charge is 0.357 e. The van der Waals surface area contributed by atoms with Crippen molar-refractivity contribution in [3.8, 4) is 0 Å². The first-order chi connectivity index (χ1) is 12.6. The Labute approximate surface area is 179 Å². The fraction of sp³-hybridized carbons (Fsp3) is 0.632. The lowest BCUT2D eigenvalue weighted by Gasteiger charge is -2.21. The molecule has 152 valence electrons. The van der Waals surface area contributed by atoms with Gasteiger partial charge >= 0.3 is 0 Å². The van der Waals surface area contributed by atoms with Crippen LogP contribution in [0.2, 0.25) is 0 Å². The van der Waals surface area contributed by atoms with Crippen LogP contribution in [-0.2, 0) is 4.79 Å². The van der Waals surface area contributed by atoms with Gasteiger partial charge in [-0.25, -0.2) is 4.98 Å². The normalized spacial score (nSPS) is 17.3. The van der Waals surface area contributed by atoms with E-state index >= 15 is 0 Å². The topological polar surface area (TPSA) is 81.7 Å². The van der Waals surface area contributed by atoms with E-state index in [0.29, 0.717) is 24.8 Å². The van der Waals surface area contributed by atoms with Crippen LogP contribution >= 0.6 is 24.0 Å². The third kappa shape index (κ3) is 8.42. The summed E-state index contributed by atoms with van der Waals surface area (Å²) < 4.78 is 0. The van der Waals surface area contributed by atoms with Gasteiger partial charge in [-0.2, -0.15) is 0 Å². The second kappa shape index (κ2) is 12.9. The first-order valence-corrected chi connectivity index (χ1v) is 9.62. The minimum Gasteiger partial charge on any atom is -0.357 e. The number of carbonyl (C=O) groups excluding carboxylic acids is 1. The van der Waals surface area contributed by atoms with Gasteiger partial charge in [-0.05, 0) is 51.9 Å². The summed E-state index contributed by atoms with van der Waals surface area (Å²) in [5.41, 5.74) is 0.885. The first kappa shape index (κ1) is 23.6. The average molecular weight is 488 g/mol. The Balaban J connectivity index is 0.00000364. The molecule has 7 nitrogen and oxygen atoms in total. The van der Waals surface area contributed by atoms with Crippen LogP contribution in [0.4, 0.5) is 5.82 Å². The molecule has 0 bridgehead atoms. The molecule has 2 rings (SSSR count). The predicted molar refractivity (Wildman–Crippen MR) is 122 cm³/mol. The van der Waals surface area contributed by atoms with E-state index in [1.807, 2.05) is 26.0 Å². The third-order valence-corrected chi connectivity index (χ3v) is 4.51. The van der Waals surface area contributed by atoms with Crippen LogP contribution in [0.25, 0.3) is 0 Å². The molecular formula is C19H33IN6O. The summed E-state index contributed by atoms with van der Waals surface area (Å²) in [6, 6.07) is 6.12. The summed E-state index contributed by atoms with van der Waals surface area (Å²) in [5, 5.41) is 9.31. The van der Waals surface area contributed by atoms with Crippen molar-refractivity contribution in [2.24, 2.45) is 4.99 Å². The van der Waals surface area contributed by atoms with E-state index in [0.717, 1.165) is 31.3 Å². The molecule has 1 aromatic rings. The van der Waals surface area contributed by atoms with Crippen LogP contribution in [0.15, 0.2) is 23.2 Å². The molecule has 0 saturated carbocycles. The minimum absolute atomic E-state index is 0. The Bertz CT molecular complexity index is 610. The number of likely N-dealkylation sites (N-methyl/N-ethyl adjacent to an activating group) is 1. The van der Waals surface area contributed by atoms with Gasteiger partial charge in [-0.1, -0.05) is 13.0 Å². The van der Waals surface area contributed by atoms with E-state index in [-0.39, 0.29) is 29.9 Å². The van der Waals surface area contributed by atoms with Crippen LogP contribution in [0.1, 0.15) is 38.8 Å². The highest BCUT2D eigenvalue weighted by molar-refractivity contribution is 14.0. The number of halogens is 1. The standard InChI is InChI=1S/C19H32N6O.HI/c1-4-20-19(22-14-16-9-7-13-25(16)5-2)21-12-11-18(26)24-17-10-6-8-15(3)23-17;/h6,8,10,16H,4-5,7,9,11-14H2,1-3H3,(H2,20,21,22)(H,23,24,26);1H. The number of pyridine rings is 1. The number of aryl methyl sites for hydroxylation is 1. The second-order valence-corrected chi connectivity index (χ2v) is 6.53. The maximum absolute atomic E-state index is 12.1. The Morgan fingerprint density at radius 3 is 2.85 bits per heavy atom. The van der Waals surface area contributed by atoms with Crippen molar-refractivity contribution in [1.29, 1.82) is 0 Å². The highest BCUT2D eigenvalue weighted by Crippen LogP contribution is 2.16. The molecule has 0 aliphatic carbocycles. The molecule has 1 unspecified atom stereocenters. The van der Waals surface area contributed by atoms with E-state index in [2.05, 4.69) is 32.8 Å². The molecule has 1 aliphatic rings. The van der Waals surface area contributed by atoms with Crippen molar-refractivity contribution in [2.75, 3.05) is 38.0 Å². The molecule has 8 heteroatoms. The van der Waals surface area contributed by atoms with Crippen LogP contribution in [-0.4, -0.2) is 60.5 Å². The highest BCUT2D eigenvalue weighted by atomic mass is 127. The van der Waals surface area contributed by atoms with E-state index in [1.54, 1.807) is 6.07 Å². The summed E-state index contributed by atoms with van der Waals surface area (Å²) in [7, 11) is 0. The summed E-state index contributed by atoms with van der Waals surface area (Å²) in [5.74, 6) is 1.31. The number of guanidine groups is 1. The number of hydrogen-bond donors (Lipinski definition) is 3. The Morgan fingerprint density at radius 2 is 2.15 bits per heavy atom. The lowest BCUT2D eigenvalue weighted by molar-refractivity contribution is -0.116. The molecule has 3 N–H and O–H groups in total. The van der Waals surface area contributed by atoms with Crippen molar-refractivity contribution in [2.45, 2.75) is 46.1 Å². The van der Waals surface area contributed by atoms with Gasteiger partial charge < -0.3 is 16.0 Å². The molecule has 0 radical (unpaired) electrons. The Hall–Kier alpha value is -1.42. The maximum Gasteiger partial charge on any atom is 0.227 e. The number of hydrogen-bond acceptors (Lipinski definition) is 4.